The summed E-state index contributed by atoms with van der Waals surface area (Å²) in [5, 5.41) is 0. The molecule has 2 nitrogen and oxygen atoms in total. The average Bonchev–Trinajstić information content (AvgIpc) is 2.32. The van der Waals surface area contributed by atoms with Gasteiger partial charge in [0.05, 0.1) is 6.42 Å². The summed E-state index contributed by atoms with van der Waals surface area (Å²) in [4.78, 5) is 11.0. The molecule has 0 amide bonds. The van der Waals surface area contributed by atoms with E-state index in [1.165, 1.54) is 12.8 Å². The van der Waals surface area contributed by atoms with Gasteiger partial charge in [-0.3, -0.25) is 4.79 Å². The topological polar surface area (TPSA) is 26.3 Å². The van der Waals surface area contributed by atoms with E-state index in [2.05, 4.69) is 12.2 Å². The van der Waals surface area contributed by atoms with Gasteiger partial charge in [-0.05, 0) is 25.3 Å². The molecule has 1 aliphatic carbocycles. The van der Waals surface area contributed by atoms with E-state index in [-0.39, 0.29) is 12.1 Å². The van der Waals surface area contributed by atoms with Crippen molar-refractivity contribution >= 4 is 5.97 Å². The second kappa shape index (κ2) is 3.30. The summed E-state index contributed by atoms with van der Waals surface area (Å²) in [6.07, 6.45) is 9.73. The Labute approximate surface area is 72.6 Å². The van der Waals surface area contributed by atoms with Crippen LogP contribution in [0.25, 0.3) is 0 Å². The maximum absolute atomic E-state index is 11.0. The Balaban J connectivity index is 2.07. The molecule has 1 saturated heterocycles. The zero-order chi connectivity index (χ0) is 8.39. The van der Waals surface area contributed by atoms with Crippen molar-refractivity contribution in [3.05, 3.63) is 12.2 Å². The monoisotopic (exact) mass is 166 g/mol. The number of hydrogen-bond acceptors (Lipinski definition) is 2. The van der Waals surface area contributed by atoms with Crippen LogP contribution in [0.1, 0.15) is 32.1 Å². The quantitative estimate of drug-likeness (QED) is 0.406. The van der Waals surface area contributed by atoms with Crippen molar-refractivity contribution in [3.8, 4) is 0 Å². The van der Waals surface area contributed by atoms with Crippen LogP contribution >= 0.6 is 0 Å². The number of carbonyl (C=O) groups is 1. The van der Waals surface area contributed by atoms with E-state index in [0.29, 0.717) is 12.3 Å². The molecule has 12 heavy (non-hydrogen) atoms. The van der Waals surface area contributed by atoms with Crippen molar-refractivity contribution < 1.29 is 9.53 Å². The van der Waals surface area contributed by atoms with Crippen LogP contribution in [0.15, 0.2) is 12.2 Å². The Kier molecular flexibility index (Phi) is 2.15. The normalized spacial score (nSPS) is 37.8. The first-order valence-corrected chi connectivity index (χ1v) is 4.72. The van der Waals surface area contributed by atoms with Gasteiger partial charge in [0, 0.05) is 5.92 Å². The third kappa shape index (κ3) is 1.52. The maximum Gasteiger partial charge on any atom is 0.306 e. The Morgan fingerprint density at radius 2 is 2.33 bits per heavy atom. The predicted molar refractivity (Wildman–Crippen MR) is 45.6 cm³/mol. The fraction of sp³-hybridized carbons (Fsp3) is 0.700. The van der Waals surface area contributed by atoms with Crippen molar-refractivity contribution in [2.24, 2.45) is 5.92 Å². The van der Waals surface area contributed by atoms with Gasteiger partial charge in [-0.15, -0.1) is 0 Å². The number of hydrogen-bond donors (Lipinski definition) is 0. The molecule has 0 aromatic rings. The lowest BCUT2D eigenvalue weighted by molar-refractivity contribution is -0.140. The van der Waals surface area contributed by atoms with E-state index in [1.54, 1.807) is 0 Å². The highest BCUT2D eigenvalue weighted by molar-refractivity contribution is 5.72. The average molecular weight is 166 g/mol. The second-order valence-corrected chi connectivity index (χ2v) is 3.63. The van der Waals surface area contributed by atoms with E-state index in [0.717, 1.165) is 12.8 Å². The van der Waals surface area contributed by atoms with Crippen molar-refractivity contribution in [1.29, 1.82) is 0 Å². The van der Waals surface area contributed by atoms with Crippen LogP contribution in [-0.2, 0) is 9.53 Å². The minimum atomic E-state index is -0.0171. The number of carbonyl (C=O) groups excluding carboxylic acids is 1. The maximum atomic E-state index is 11.0. The van der Waals surface area contributed by atoms with Gasteiger partial charge in [-0.1, -0.05) is 12.5 Å². The molecule has 0 saturated carbocycles. The largest absolute Gasteiger partial charge is 0.458 e. The minimum Gasteiger partial charge on any atom is -0.458 e. The summed E-state index contributed by atoms with van der Waals surface area (Å²) in [5.74, 6) is 0.450. The first-order chi connectivity index (χ1) is 5.86. The molecule has 0 N–H and O–H groups in total. The number of ether oxygens (including phenoxy) is 1. The van der Waals surface area contributed by atoms with Gasteiger partial charge in [0.2, 0.25) is 0 Å². The molecule has 1 aliphatic heterocycles. The summed E-state index contributed by atoms with van der Waals surface area (Å²) < 4.78 is 5.18. The van der Waals surface area contributed by atoms with Crippen molar-refractivity contribution in [2.45, 2.75) is 38.2 Å². The Morgan fingerprint density at radius 3 is 3.25 bits per heavy atom. The Hall–Kier alpha value is -0.790. The van der Waals surface area contributed by atoms with Gasteiger partial charge in [0.1, 0.15) is 6.10 Å². The lowest BCUT2D eigenvalue weighted by atomic mass is 9.92. The molecule has 2 aliphatic rings. The van der Waals surface area contributed by atoms with E-state index in [1.807, 2.05) is 0 Å². The zero-order valence-electron chi connectivity index (χ0n) is 7.16. The number of fused-ring (bicyclic) bond motifs is 1. The van der Waals surface area contributed by atoms with Crippen molar-refractivity contribution in [1.82, 2.24) is 0 Å². The van der Waals surface area contributed by atoms with Crippen LogP contribution in [0, 0.1) is 5.92 Å². The molecule has 0 spiro atoms. The summed E-state index contributed by atoms with van der Waals surface area (Å²) in [5.41, 5.74) is 0. The van der Waals surface area contributed by atoms with Gasteiger partial charge in [-0.25, -0.2) is 0 Å². The van der Waals surface area contributed by atoms with Crippen LogP contribution in [0.4, 0.5) is 0 Å². The van der Waals surface area contributed by atoms with Crippen LogP contribution in [0.2, 0.25) is 0 Å². The number of esters is 1. The van der Waals surface area contributed by atoms with E-state index < -0.39 is 0 Å². The van der Waals surface area contributed by atoms with Crippen LogP contribution in [0.5, 0.6) is 0 Å². The smallest absolute Gasteiger partial charge is 0.306 e. The lowest BCUT2D eigenvalue weighted by Crippen LogP contribution is -2.13. The molecular weight excluding hydrogens is 152 g/mol. The highest BCUT2D eigenvalue weighted by Crippen LogP contribution is 2.29. The first-order valence-electron chi connectivity index (χ1n) is 4.72. The number of allylic oxidation sites excluding steroid dienone is 1. The summed E-state index contributed by atoms with van der Waals surface area (Å²) in [6, 6.07) is 0. The van der Waals surface area contributed by atoms with Gasteiger partial charge >= 0.3 is 5.97 Å². The molecule has 0 aromatic heterocycles. The van der Waals surface area contributed by atoms with Crippen LogP contribution in [0.3, 0.4) is 0 Å². The van der Waals surface area contributed by atoms with E-state index >= 15 is 0 Å². The minimum absolute atomic E-state index is 0.0171. The Bertz CT molecular complexity index is 208. The van der Waals surface area contributed by atoms with Gasteiger partial charge in [-0.2, -0.15) is 0 Å². The molecule has 0 aromatic carbocycles. The van der Waals surface area contributed by atoms with E-state index in [9.17, 15) is 4.79 Å². The fourth-order valence-electron chi connectivity index (χ4n) is 1.99. The SMILES string of the molecule is O=C1CC2CCCC/C=C\C2O1. The summed E-state index contributed by atoms with van der Waals surface area (Å²) in [6.45, 7) is 0. The van der Waals surface area contributed by atoms with Gasteiger partial charge in [0.25, 0.3) is 0 Å². The molecule has 2 rings (SSSR count). The van der Waals surface area contributed by atoms with E-state index in [4.69, 9.17) is 4.74 Å². The third-order valence-electron chi connectivity index (χ3n) is 2.68. The molecule has 1 fully saturated rings. The molecule has 0 bridgehead atoms. The zero-order valence-corrected chi connectivity index (χ0v) is 7.16. The molecular formula is C10H14O2. The molecule has 1 heterocycles. The first kappa shape index (κ1) is 7.84. The van der Waals surface area contributed by atoms with Crippen LogP contribution in [-0.4, -0.2) is 12.1 Å². The molecule has 66 valence electrons. The van der Waals surface area contributed by atoms with Crippen molar-refractivity contribution in [3.63, 3.8) is 0 Å². The molecule has 0 radical (unpaired) electrons. The Morgan fingerprint density at radius 1 is 1.42 bits per heavy atom. The number of rotatable bonds is 0. The van der Waals surface area contributed by atoms with Gasteiger partial charge < -0.3 is 4.74 Å². The predicted octanol–water partition coefficient (Wildman–Crippen LogP) is 2.05. The second-order valence-electron chi connectivity index (χ2n) is 3.63. The molecule has 2 unspecified atom stereocenters. The van der Waals surface area contributed by atoms with Crippen molar-refractivity contribution in [2.75, 3.05) is 0 Å². The molecule has 2 heteroatoms. The lowest BCUT2D eigenvalue weighted by Gasteiger charge is -2.15. The highest BCUT2D eigenvalue weighted by atomic mass is 16.5. The summed E-state index contributed by atoms with van der Waals surface area (Å²) >= 11 is 0. The summed E-state index contributed by atoms with van der Waals surface area (Å²) in [7, 11) is 0. The molecule has 2 atom stereocenters. The highest BCUT2D eigenvalue weighted by Gasteiger charge is 2.32. The fourth-order valence-corrected chi connectivity index (χ4v) is 1.99. The van der Waals surface area contributed by atoms with Crippen LogP contribution < -0.4 is 0 Å². The van der Waals surface area contributed by atoms with Gasteiger partial charge in [0.15, 0.2) is 0 Å². The standard InChI is InChI=1S/C10H14O2/c11-10-7-8-5-3-1-2-4-6-9(8)12-10/h4,6,8-9H,1-3,5,7H2/b6-4-. The third-order valence-corrected chi connectivity index (χ3v) is 2.68.